The molecule has 1 N–H and O–H groups in total. The highest BCUT2D eigenvalue weighted by Crippen LogP contribution is 2.29. The molecule has 0 saturated heterocycles. The van der Waals surface area contributed by atoms with Gasteiger partial charge in [-0.3, -0.25) is 4.79 Å². The Kier molecular flexibility index (Phi) is 6.71. The lowest BCUT2D eigenvalue weighted by Gasteiger charge is -2.08. The van der Waals surface area contributed by atoms with Crippen LogP contribution in [-0.2, 0) is 17.8 Å². The molecule has 2 heterocycles. The van der Waals surface area contributed by atoms with E-state index in [2.05, 4.69) is 31.4 Å². The lowest BCUT2D eigenvalue weighted by atomic mass is 10.2. The molecule has 0 atom stereocenters. The van der Waals surface area contributed by atoms with Crippen LogP contribution in [0.3, 0.4) is 0 Å². The number of fused-ring (bicyclic) bond motifs is 1. The van der Waals surface area contributed by atoms with Gasteiger partial charge in [0.25, 0.3) is 5.91 Å². The van der Waals surface area contributed by atoms with Gasteiger partial charge in [0.2, 0.25) is 0 Å². The van der Waals surface area contributed by atoms with E-state index < -0.39 is 0 Å². The van der Waals surface area contributed by atoms with Gasteiger partial charge < -0.3 is 4.57 Å². The molecule has 0 aliphatic carbocycles. The first-order chi connectivity index (χ1) is 14.9. The summed E-state index contributed by atoms with van der Waals surface area (Å²) in [4.78, 5) is 18.3. The predicted octanol–water partition coefficient (Wildman–Crippen LogP) is 6.05. The summed E-state index contributed by atoms with van der Waals surface area (Å²) in [5, 5.41) is 6.75. The molecule has 5 nitrogen and oxygen atoms in total. The monoisotopic (exact) mass is 538 g/mol. The maximum atomic E-state index is 13.3. The standard InChI is InChI=1S/C21H14BrCl2FN4OS/c22-14-6-12(3-4-17(14)25)10-26-28-21(30)11-29-19-9-16(24)15(23)8-18(19)27-20(29)7-13-2-1-5-31-13/h1-6,8-10H,7,11H2,(H,28,30). The van der Waals surface area contributed by atoms with Crippen LogP contribution < -0.4 is 5.43 Å². The number of hydrogen-bond acceptors (Lipinski definition) is 4. The first kappa shape index (κ1) is 22.0. The van der Waals surface area contributed by atoms with Crippen LogP contribution >= 0.6 is 50.5 Å². The van der Waals surface area contributed by atoms with Crippen LogP contribution in [0.15, 0.2) is 57.4 Å². The van der Waals surface area contributed by atoms with E-state index in [1.807, 2.05) is 17.5 Å². The molecule has 2 aromatic carbocycles. The highest BCUT2D eigenvalue weighted by atomic mass is 79.9. The zero-order chi connectivity index (χ0) is 22.0. The Labute approximate surface area is 199 Å². The molecule has 1 amide bonds. The average molecular weight is 540 g/mol. The molecule has 2 aromatic heterocycles. The van der Waals surface area contributed by atoms with Crippen molar-refractivity contribution >= 4 is 73.6 Å². The van der Waals surface area contributed by atoms with Gasteiger partial charge in [0.15, 0.2) is 0 Å². The molecule has 0 aliphatic heterocycles. The molecule has 0 bridgehead atoms. The summed E-state index contributed by atoms with van der Waals surface area (Å²) in [6.07, 6.45) is 2.01. The second-order valence-corrected chi connectivity index (χ2v) is 9.29. The SMILES string of the molecule is O=C(Cn1c(Cc2cccs2)nc2cc(Cl)c(Cl)cc21)NN=Cc1ccc(F)c(Br)c1. The number of nitrogens with one attached hydrogen (secondary N) is 1. The van der Waals surface area contributed by atoms with Crippen molar-refractivity contribution in [1.29, 1.82) is 0 Å². The summed E-state index contributed by atoms with van der Waals surface area (Å²) in [6.45, 7) is -0.000375. The van der Waals surface area contributed by atoms with E-state index in [9.17, 15) is 9.18 Å². The Balaban J connectivity index is 1.56. The van der Waals surface area contributed by atoms with Crippen molar-refractivity contribution in [1.82, 2.24) is 15.0 Å². The van der Waals surface area contributed by atoms with Crippen LogP contribution in [0, 0.1) is 5.82 Å². The van der Waals surface area contributed by atoms with Gasteiger partial charge in [0.1, 0.15) is 18.2 Å². The Morgan fingerprint density at radius 2 is 2.06 bits per heavy atom. The molecule has 0 radical (unpaired) electrons. The predicted molar refractivity (Wildman–Crippen MR) is 127 cm³/mol. The van der Waals surface area contributed by atoms with Crippen molar-refractivity contribution in [2.45, 2.75) is 13.0 Å². The third kappa shape index (κ3) is 5.15. The first-order valence-electron chi connectivity index (χ1n) is 9.04. The minimum Gasteiger partial charge on any atom is -0.318 e. The largest absolute Gasteiger partial charge is 0.318 e. The molecular formula is C21H14BrCl2FN4OS. The van der Waals surface area contributed by atoms with Gasteiger partial charge >= 0.3 is 0 Å². The van der Waals surface area contributed by atoms with Gasteiger partial charge in [0.05, 0.1) is 31.8 Å². The van der Waals surface area contributed by atoms with E-state index in [0.29, 0.717) is 37.5 Å². The molecular weight excluding hydrogens is 526 g/mol. The van der Waals surface area contributed by atoms with Crippen LogP contribution in [0.25, 0.3) is 11.0 Å². The van der Waals surface area contributed by atoms with Gasteiger partial charge in [-0.05, 0) is 57.2 Å². The van der Waals surface area contributed by atoms with Crippen molar-refractivity contribution in [3.05, 3.63) is 84.4 Å². The number of carbonyl (C=O) groups excluding carboxylic acids is 1. The molecule has 0 aliphatic rings. The lowest BCUT2D eigenvalue weighted by Crippen LogP contribution is -2.24. The summed E-state index contributed by atoms with van der Waals surface area (Å²) >= 11 is 17.1. The number of hydrogen-bond donors (Lipinski definition) is 1. The molecule has 158 valence electrons. The number of aromatic nitrogens is 2. The number of rotatable bonds is 6. The van der Waals surface area contributed by atoms with Crippen molar-refractivity contribution in [2.24, 2.45) is 5.10 Å². The highest BCUT2D eigenvalue weighted by Gasteiger charge is 2.16. The normalized spacial score (nSPS) is 11.5. The zero-order valence-electron chi connectivity index (χ0n) is 15.8. The fraction of sp³-hybridized carbons (Fsp3) is 0.0952. The number of nitrogens with zero attached hydrogens (tertiary/aromatic N) is 3. The van der Waals surface area contributed by atoms with E-state index >= 15 is 0 Å². The molecule has 0 spiro atoms. The summed E-state index contributed by atoms with van der Waals surface area (Å²) < 4.78 is 15.5. The number of amides is 1. The van der Waals surface area contributed by atoms with Gasteiger partial charge in [-0.2, -0.15) is 5.10 Å². The lowest BCUT2D eigenvalue weighted by molar-refractivity contribution is -0.121. The summed E-state index contributed by atoms with van der Waals surface area (Å²) in [6, 6.07) is 11.8. The maximum absolute atomic E-state index is 13.3. The number of benzene rings is 2. The van der Waals surface area contributed by atoms with E-state index in [0.717, 1.165) is 10.7 Å². The van der Waals surface area contributed by atoms with E-state index in [1.165, 1.54) is 12.3 Å². The van der Waals surface area contributed by atoms with Gasteiger partial charge in [0, 0.05) is 11.3 Å². The van der Waals surface area contributed by atoms with Gasteiger partial charge in [-0.15, -0.1) is 11.3 Å². The number of halogens is 4. The molecule has 4 rings (SSSR count). The van der Waals surface area contributed by atoms with Crippen molar-refractivity contribution in [3.8, 4) is 0 Å². The number of hydrazone groups is 1. The smallest absolute Gasteiger partial charge is 0.260 e. The second kappa shape index (κ2) is 9.48. The third-order valence-corrected chi connectivity index (χ3v) is 6.64. The molecule has 0 saturated carbocycles. The van der Waals surface area contributed by atoms with E-state index in [1.54, 1.807) is 40.2 Å². The summed E-state index contributed by atoms with van der Waals surface area (Å²) in [5.41, 5.74) is 4.51. The zero-order valence-corrected chi connectivity index (χ0v) is 19.7. The Hall–Kier alpha value is -2.26. The van der Waals surface area contributed by atoms with Crippen molar-refractivity contribution in [2.75, 3.05) is 0 Å². The fourth-order valence-electron chi connectivity index (χ4n) is 3.00. The fourth-order valence-corrected chi connectivity index (χ4v) is 4.41. The topological polar surface area (TPSA) is 59.3 Å². The van der Waals surface area contributed by atoms with Crippen LogP contribution in [-0.4, -0.2) is 21.7 Å². The summed E-state index contributed by atoms with van der Waals surface area (Å²) in [7, 11) is 0. The highest BCUT2D eigenvalue weighted by molar-refractivity contribution is 9.10. The minimum absolute atomic E-state index is 0.000375. The van der Waals surface area contributed by atoms with Crippen LogP contribution in [0.5, 0.6) is 0 Å². The molecule has 10 heteroatoms. The van der Waals surface area contributed by atoms with Crippen molar-refractivity contribution in [3.63, 3.8) is 0 Å². The van der Waals surface area contributed by atoms with Gasteiger partial charge in [-0.25, -0.2) is 14.8 Å². The van der Waals surface area contributed by atoms with Crippen LogP contribution in [0.2, 0.25) is 10.0 Å². The quantitative estimate of drug-likeness (QED) is 0.239. The van der Waals surface area contributed by atoms with Gasteiger partial charge in [-0.1, -0.05) is 35.3 Å². The second-order valence-electron chi connectivity index (χ2n) is 6.59. The molecule has 31 heavy (non-hydrogen) atoms. The van der Waals surface area contributed by atoms with E-state index in [4.69, 9.17) is 23.2 Å². The van der Waals surface area contributed by atoms with Crippen LogP contribution in [0.1, 0.15) is 16.3 Å². The first-order valence-corrected chi connectivity index (χ1v) is 11.5. The molecule has 4 aromatic rings. The van der Waals surface area contributed by atoms with Crippen molar-refractivity contribution < 1.29 is 9.18 Å². The number of imidazole rings is 1. The third-order valence-electron chi connectivity index (χ3n) is 4.43. The molecule has 0 fully saturated rings. The maximum Gasteiger partial charge on any atom is 0.260 e. The Morgan fingerprint density at radius 1 is 1.26 bits per heavy atom. The van der Waals surface area contributed by atoms with Crippen LogP contribution in [0.4, 0.5) is 4.39 Å². The Bertz CT molecular complexity index is 1290. The molecule has 0 unspecified atom stereocenters. The Morgan fingerprint density at radius 3 is 2.81 bits per heavy atom. The average Bonchev–Trinajstić information content (AvgIpc) is 3.34. The number of carbonyl (C=O) groups is 1. The minimum atomic E-state index is -0.370. The number of thiophene rings is 1. The summed E-state index contributed by atoms with van der Waals surface area (Å²) in [5.74, 6) is 0.0119. The van der Waals surface area contributed by atoms with E-state index in [-0.39, 0.29) is 18.3 Å².